The third kappa shape index (κ3) is 4.54. The number of anilines is 1. The zero-order valence-electron chi connectivity index (χ0n) is 13.3. The minimum absolute atomic E-state index is 0.309. The third-order valence-corrected chi connectivity index (χ3v) is 4.31. The van der Waals surface area contributed by atoms with Crippen LogP contribution in [-0.4, -0.2) is 18.5 Å². The Bertz CT molecular complexity index is 733. The van der Waals surface area contributed by atoms with E-state index >= 15 is 0 Å². The van der Waals surface area contributed by atoms with Gasteiger partial charge in [0.1, 0.15) is 0 Å². The Morgan fingerprint density at radius 2 is 1.70 bits per heavy atom. The first-order valence-electron chi connectivity index (χ1n) is 7.18. The van der Waals surface area contributed by atoms with Gasteiger partial charge in [0.25, 0.3) is 5.91 Å². The molecule has 1 N–H and O–H groups in total. The number of nitrogens with one attached hydrogen (secondary N) is 1. The highest BCUT2D eigenvalue weighted by Gasteiger charge is 2.14. The Kier molecular flexibility index (Phi) is 5.76. The number of ether oxygens (including phenoxy) is 1. The molecule has 0 bridgehead atoms. The highest BCUT2D eigenvalue weighted by molar-refractivity contribution is 14.1. The van der Waals surface area contributed by atoms with E-state index in [1.165, 1.54) is 0 Å². The lowest BCUT2D eigenvalue weighted by Gasteiger charge is -2.13. The molecule has 5 heteroatoms. The summed E-state index contributed by atoms with van der Waals surface area (Å²) in [4.78, 5) is 24.0. The molecular weight excluding hydrogens is 405 g/mol. The van der Waals surface area contributed by atoms with E-state index in [9.17, 15) is 9.59 Å². The first kappa shape index (κ1) is 17.5. The summed E-state index contributed by atoms with van der Waals surface area (Å²) in [7, 11) is 0. The van der Waals surface area contributed by atoms with Crippen molar-refractivity contribution in [3.63, 3.8) is 0 Å². The lowest BCUT2D eigenvalue weighted by atomic mass is 10.1. The van der Waals surface area contributed by atoms with Crippen LogP contribution in [0.3, 0.4) is 0 Å². The van der Waals surface area contributed by atoms with Crippen LogP contribution in [0.15, 0.2) is 36.4 Å². The van der Waals surface area contributed by atoms with Gasteiger partial charge in [-0.1, -0.05) is 29.8 Å². The minimum Gasteiger partial charge on any atom is -0.452 e. The van der Waals surface area contributed by atoms with Crippen LogP contribution >= 0.6 is 22.6 Å². The summed E-state index contributed by atoms with van der Waals surface area (Å²) >= 11 is 2.06. The van der Waals surface area contributed by atoms with Crippen molar-refractivity contribution in [2.24, 2.45) is 0 Å². The Morgan fingerprint density at radius 3 is 2.30 bits per heavy atom. The molecule has 2 aromatic rings. The van der Waals surface area contributed by atoms with E-state index in [2.05, 4.69) is 27.9 Å². The first-order chi connectivity index (χ1) is 10.9. The molecule has 0 saturated carbocycles. The SMILES string of the molecule is Cc1cc(C)c(NC(=O)COC(=O)c2ccccc2I)c(C)c1. The Morgan fingerprint density at radius 1 is 1.09 bits per heavy atom. The van der Waals surface area contributed by atoms with Crippen molar-refractivity contribution < 1.29 is 14.3 Å². The van der Waals surface area contributed by atoms with E-state index in [0.29, 0.717) is 5.56 Å². The second kappa shape index (κ2) is 7.59. The highest BCUT2D eigenvalue weighted by Crippen LogP contribution is 2.21. The minimum atomic E-state index is -0.498. The molecule has 1 amide bonds. The predicted molar refractivity (Wildman–Crippen MR) is 98.7 cm³/mol. The van der Waals surface area contributed by atoms with E-state index in [-0.39, 0.29) is 12.5 Å². The number of hydrogen-bond acceptors (Lipinski definition) is 3. The average Bonchev–Trinajstić information content (AvgIpc) is 2.49. The fraction of sp³-hybridized carbons (Fsp3) is 0.222. The van der Waals surface area contributed by atoms with Gasteiger partial charge in [-0.3, -0.25) is 4.79 Å². The highest BCUT2D eigenvalue weighted by atomic mass is 127. The van der Waals surface area contributed by atoms with Crippen molar-refractivity contribution in [1.29, 1.82) is 0 Å². The lowest BCUT2D eigenvalue weighted by molar-refractivity contribution is -0.119. The van der Waals surface area contributed by atoms with Crippen molar-refractivity contribution in [2.45, 2.75) is 20.8 Å². The molecular formula is C18H18INO3. The van der Waals surface area contributed by atoms with Gasteiger partial charge in [0, 0.05) is 9.26 Å². The average molecular weight is 423 g/mol. The molecule has 0 saturated heterocycles. The van der Waals surface area contributed by atoms with Gasteiger partial charge in [-0.2, -0.15) is 0 Å². The maximum Gasteiger partial charge on any atom is 0.339 e. The van der Waals surface area contributed by atoms with Crippen molar-refractivity contribution >= 4 is 40.2 Å². The number of benzene rings is 2. The molecule has 0 spiro atoms. The molecule has 4 nitrogen and oxygen atoms in total. The summed E-state index contributed by atoms with van der Waals surface area (Å²) < 4.78 is 5.88. The van der Waals surface area contributed by atoms with Gasteiger partial charge in [0.2, 0.25) is 0 Å². The first-order valence-corrected chi connectivity index (χ1v) is 8.25. The largest absolute Gasteiger partial charge is 0.452 e. The monoisotopic (exact) mass is 423 g/mol. The molecule has 23 heavy (non-hydrogen) atoms. The molecule has 120 valence electrons. The van der Waals surface area contributed by atoms with Crippen LogP contribution in [0.4, 0.5) is 5.69 Å². The number of rotatable bonds is 4. The molecule has 0 fully saturated rings. The van der Waals surface area contributed by atoms with Gasteiger partial charge in [0.15, 0.2) is 6.61 Å². The van der Waals surface area contributed by atoms with E-state index in [4.69, 9.17) is 4.74 Å². The quantitative estimate of drug-likeness (QED) is 0.598. The van der Waals surface area contributed by atoms with Gasteiger partial charge in [-0.25, -0.2) is 4.79 Å². The van der Waals surface area contributed by atoms with Gasteiger partial charge >= 0.3 is 5.97 Å². The molecule has 0 aliphatic heterocycles. The zero-order chi connectivity index (χ0) is 17.0. The van der Waals surface area contributed by atoms with Gasteiger partial charge in [0.05, 0.1) is 5.56 Å². The number of amides is 1. The maximum absolute atomic E-state index is 12.0. The van der Waals surface area contributed by atoms with E-state index in [1.807, 2.05) is 45.0 Å². The van der Waals surface area contributed by atoms with Crippen molar-refractivity contribution in [1.82, 2.24) is 0 Å². The van der Waals surface area contributed by atoms with Crippen LogP contribution in [0.5, 0.6) is 0 Å². The molecule has 0 heterocycles. The lowest BCUT2D eigenvalue weighted by Crippen LogP contribution is -2.22. The van der Waals surface area contributed by atoms with Gasteiger partial charge in [-0.15, -0.1) is 0 Å². The van der Waals surface area contributed by atoms with E-state index < -0.39 is 5.97 Å². The Hall–Kier alpha value is -1.89. The topological polar surface area (TPSA) is 55.4 Å². The molecule has 2 aromatic carbocycles. The zero-order valence-corrected chi connectivity index (χ0v) is 15.4. The predicted octanol–water partition coefficient (Wildman–Crippen LogP) is 4.01. The van der Waals surface area contributed by atoms with Crippen molar-refractivity contribution in [2.75, 3.05) is 11.9 Å². The summed E-state index contributed by atoms with van der Waals surface area (Å²) in [5.74, 6) is -0.846. The summed E-state index contributed by atoms with van der Waals surface area (Å²) in [6.45, 7) is 5.58. The smallest absolute Gasteiger partial charge is 0.339 e. The third-order valence-electron chi connectivity index (χ3n) is 3.37. The molecule has 0 aliphatic rings. The fourth-order valence-electron chi connectivity index (χ4n) is 2.39. The standard InChI is InChI=1S/C18H18INO3/c1-11-8-12(2)17(13(3)9-11)20-16(21)10-23-18(22)14-6-4-5-7-15(14)19/h4-9H,10H2,1-3H3,(H,20,21). The molecule has 0 aromatic heterocycles. The Labute approximate surface area is 149 Å². The number of hydrogen-bond donors (Lipinski definition) is 1. The summed E-state index contributed by atoms with van der Waals surface area (Å²) in [5, 5.41) is 2.81. The Balaban J connectivity index is 1.99. The molecule has 0 aliphatic carbocycles. The van der Waals surface area contributed by atoms with Gasteiger partial charge in [-0.05, 0) is 66.6 Å². The van der Waals surface area contributed by atoms with Gasteiger partial charge < -0.3 is 10.1 Å². The second-order valence-corrected chi connectivity index (χ2v) is 6.54. The fourth-order valence-corrected chi connectivity index (χ4v) is 3.00. The second-order valence-electron chi connectivity index (χ2n) is 5.38. The molecule has 0 radical (unpaired) electrons. The van der Waals surface area contributed by atoms with Crippen LogP contribution in [-0.2, 0) is 9.53 Å². The van der Waals surface area contributed by atoms with Crippen LogP contribution < -0.4 is 5.32 Å². The number of carbonyl (C=O) groups is 2. The molecule has 0 unspecified atom stereocenters. The van der Waals surface area contributed by atoms with Crippen LogP contribution in [0.2, 0.25) is 0 Å². The van der Waals surface area contributed by atoms with E-state index in [0.717, 1.165) is 25.9 Å². The maximum atomic E-state index is 12.0. The number of aryl methyl sites for hydroxylation is 3. The van der Waals surface area contributed by atoms with Crippen LogP contribution in [0.25, 0.3) is 0 Å². The number of carbonyl (C=O) groups excluding carboxylic acids is 2. The number of halogens is 1. The summed E-state index contributed by atoms with van der Waals surface area (Å²) in [6.07, 6.45) is 0. The molecule has 0 atom stereocenters. The molecule has 2 rings (SSSR count). The summed E-state index contributed by atoms with van der Waals surface area (Å²) in [5.41, 5.74) is 4.34. The summed E-state index contributed by atoms with van der Waals surface area (Å²) in [6, 6.07) is 11.1. The number of esters is 1. The van der Waals surface area contributed by atoms with Crippen LogP contribution in [0, 0.1) is 24.3 Å². The van der Waals surface area contributed by atoms with Crippen molar-refractivity contribution in [3.8, 4) is 0 Å². The van der Waals surface area contributed by atoms with Crippen molar-refractivity contribution in [3.05, 3.63) is 62.2 Å². The van der Waals surface area contributed by atoms with E-state index in [1.54, 1.807) is 12.1 Å². The normalized spacial score (nSPS) is 10.3. The van der Waals surface area contributed by atoms with Crippen LogP contribution in [0.1, 0.15) is 27.0 Å².